The van der Waals surface area contributed by atoms with Crippen LogP contribution in [0.4, 0.5) is 60.5 Å². The highest BCUT2D eigenvalue weighted by atomic mass is 19.4. The lowest BCUT2D eigenvalue weighted by Gasteiger charge is -2.38. The topological polar surface area (TPSA) is 229 Å². The van der Waals surface area contributed by atoms with E-state index in [0.29, 0.717) is 68.9 Å². The van der Waals surface area contributed by atoms with E-state index in [2.05, 4.69) is 20.5 Å². The first-order chi connectivity index (χ1) is 33.8. The monoisotopic (exact) mass is 980 g/mol. The third-order valence-corrected chi connectivity index (χ3v) is 11.2. The fourth-order valence-electron chi connectivity index (χ4n) is 7.68. The summed E-state index contributed by atoms with van der Waals surface area (Å²) in [7, 11) is 0. The van der Waals surface area contributed by atoms with Gasteiger partial charge in [-0.25, -0.2) is 0 Å². The lowest BCUT2D eigenvalue weighted by Crippen LogP contribution is -2.55. The van der Waals surface area contributed by atoms with Gasteiger partial charge in [-0.05, 0) is 108 Å². The predicted molar refractivity (Wildman–Crippen MR) is 235 cm³/mol. The number of amides is 4. The zero-order valence-electron chi connectivity index (χ0n) is 36.0. The number of nitrogens with zero attached hydrogens (tertiary/aromatic N) is 8. The Morgan fingerprint density at radius 1 is 0.437 bits per heavy atom. The first-order valence-corrected chi connectivity index (χ1v) is 20.7. The molecule has 0 aliphatic carbocycles. The SMILES string of the molecule is O=C1c2ccc(C(c3ccc4c(c3)C(=O)N(CCOc3ccc(N=Nc5ccc([N+](=O)[O-])cc5)cc3)C4=O)(C(F)(F)F)C(F)(F)F)cc2C(=O)N1CCOc1ccc(N=Nc2ccc([N+](=O)[O-])cc2)cc1. The van der Waals surface area contributed by atoms with Gasteiger partial charge in [0, 0.05) is 24.3 Å². The summed E-state index contributed by atoms with van der Waals surface area (Å²) in [6.45, 7) is -1.58. The van der Waals surface area contributed by atoms with Crippen molar-refractivity contribution in [1.82, 2.24) is 9.80 Å². The van der Waals surface area contributed by atoms with Crippen molar-refractivity contribution in [3.05, 3.63) is 187 Å². The molecule has 24 heteroatoms. The van der Waals surface area contributed by atoms with Crippen LogP contribution in [0.2, 0.25) is 0 Å². The smallest absolute Gasteiger partial charge is 0.411 e. The molecule has 0 spiro atoms. The van der Waals surface area contributed by atoms with Crippen LogP contribution in [0.15, 0.2) is 154 Å². The van der Waals surface area contributed by atoms with Crippen LogP contribution < -0.4 is 9.47 Å². The van der Waals surface area contributed by atoms with Gasteiger partial charge in [-0.15, -0.1) is 0 Å². The van der Waals surface area contributed by atoms with Gasteiger partial charge in [-0.3, -0.25) is 49.2 Å². The lowest BCUT2D eigenvalue weighted by atomic mass is 9.71. The van der Waals surface area contributed by atoms with Crippen molar-refractivity contribution < 1.29 is 64.8 Å². The molecule has 6 aromatic carbocycles. The fourth-order valence-corrected chi connectivity index (χ4v) is 7.68. The van der Waals surface area contributed by atoms with Crippen molar-refractivity contribution in [2.75, 3.05) is 26.3 Å². The number of azo groups is 2. The molecule has 0 N–H and O–H groups in total. The highest BCUT2D eigenvalue weighted by Gasteiger charge is 2.73. The first kappa shape index (κ1) is 48.2. The number of hydrogen-bond acceptors (Lipinski definition) is 14. The van der Waals surface area contributed by atoms with Gasteiger partial charge >= 0.3 is 12.4 Å². The van der Waals surface area contributed by atoms with Crippen LogP contribution in [0, 0.1) is 20.2 Å². The minimum absolute atomic E-state index is 0.129. The molecule has 0 saturated heterocycles. The molecule has 0 radical (unpaired) electrons. The average Bonchev–Trinajstić information content (AvgIpc) is 3.72. The van der Waals surface area contributed by atoms with Gasteiger partial charge in [-0.1, -0.05) is 12.1 Å². The van der Waals surface area contributed by atoms with Gasteiger partial charge in [0.1, 0.15) is 24.7 Å². The predicted octanol–water partition coefficient (Wildman–Crippen LogP) is 11.1. The maximum Gasteiger partial charge on any atom is 0.411 e. The second-order valence-electron chi connectivity index (χ2n) is 15.4. The number of hydrogen-bond donors (Lipinski definition) is 0. The number of nitro benzene ring substituents is 2. The molecule has 2 aliphatic heterocycles. The van der Waals surface area contributed by atoms with Crippen LogP contribution in [-0.4, -0.2) is 81.9 Å². The number of non-ortho nitro benzene ring substituents is 2. The minimum Gasteiger partial charge on any atom is -0.492 e. The molecule has 0 unspecified atom stereocenters. The molecule has 0 aromatic heterocycles. The van der Waals surface area contributed by atoms with Gasteiger partial charge in [0.2, 0.25) is 5.41 Å². The minimum atomic E-state index is -6.17. The number of fused-ring (bicyclic) bond motifs is 2. The largest absolute Gasteiger partial charge is 0.492 e. The molecule has 0 fully saturated rings. The van der Waals surface area contributed by atoms with Crippen LogP contribution in [0.3, 0.4) is 0 Å². The molecule has 2 heterocycles. The van der Waals surface area contributed by atoms with Crippen LogP contribution in [0.1, 0.15) is 52.6 Å². The summed E-state index contributed by atoms with van der Waals surface area (Å²) < 4.78 is 103. The number of ether oxygens (including phenoxy) is 2. The number of rotatable bonds is 16. The maximum absolute atomic E-state index is 15.3. The van der Waals surface area contributed by atoms with E-state index in [-0.39, 0.29) is 36.1 Å². The second kappa shape index (κ2) is 19.0. The summed E-state index contributed by atoms with van der Waals surface area (Å²) in [6.07, 6.45) is -12.3. The average molecular weight is 981 g/mol. The van der Waals surface area contributed by atoms with E-state index >= 15 is 26.3 Å². The number of imide groups is 2. The summed E-state index contributed by atoms with van der Waals surface area (Å²) in [6, 6.07) is 25.4. The highest BCUT2D eigenvalue weighted by Crippen LogP contribution is 2.57. The van der Waals surface area contributed by atoms with E-state index in [1.165, 1.54) is 97.1 Å². The fraction of sp³-hybridized carbons (Fsp3) is 0.149. The Bertz CT molecular complexity index is 2950. The van der Waals surface area contributed by atoms with Gasteiger partial charge in [0.25, 0.3) is 35.0 Å². The quantitative estimate of drug-likeness (QED) is 0.0293. The molecular formula is C47H30F6N8O10. The highest BCUT2D eigenvalue weighted by molar-refractivity contribution is 6.22. The molecule has 0 saturated carbocycles. The van der Waals surface area contributed by atoms with E-state index in [0.717, 1.165) is 0 Å². The van der Waals surface area contributed by atoms with Gasteiger partial charge in [0.05, 0.1) is 67.9 Å². The van der Waals surface area contributed by atoms with Crippen molar-refractivity contribution >= 4 is 57.8 Å². The van der Waals surface area contributed by atoms with Gasteiger partial charge < -0.3 is 9.47 Å². The number of carbonyl (C=O) groups is 4. The van der Waals surface area contributed by atoms with Crippen LogP contribution in [-0.2, 0) is 5.41 Å². The van der Waals surface area contributed by atoms with Gasteiger partial charge in [0.15, 0.2) is 0 Å². The van der Waals surface area contributed by atoms with Crippen LogP contribution in [0.25, 0.3) is 0 Å². The number of benzene rings is 6. The molecule has 2 aliphatic rings. The van der Waals surface area contributed by atoms with E-state index in [1.54, 1.807) is 0 Å². The lowest BCUT2D eigenvalue weighted by molar-refractivity contribution is -0.385. The Kier molecular flexibility index (Phi) is 12.9. The molecular weight excluding hydrogens is 951 g/mol. The van der Waals surface area contributed by atoms with Crippen LogP contribution in [0.5, 0.6) is 11.5 Å². The van der Waals surface area contributed by atoms with Crippen molar-refractivity contribution in [3.63, 3.8) is 0 Å². The molecule has 360 valence electrons. The normalized spacial score (nSPS) is 13.9. The number of nitro groups is 2. The molecule has 71 heavy (non-hydrogen) atoms. The Morgan fingerprint density at radius 2 is 0.732 bits per heavy atom. The molecule has 0 atom stereocenters. The Balaban J connectivity index is 0.937. The summed E-state index contributed by atoms with van der Waals surface area (Å²) >= 11 is 0. The third-order valence-electron chi connectivity index (χ3n) is 11.2. The zero-order chi connectivity index (χ0) is 50.8. The zero-order valence-corrected chi connectivity index (χ0v) is 36.0. The second-order valence-corrected chi connectivity index (χ2v) is 15.4. The van der Waals surface area contributed by atoms with E-state index in [9.17, 15) is 39.4 Å². The first-order valence-electron chi connectivity index (χ1n) is 20.7. The van der Waals surface area contributed by atoms with E-state index in [4.69, 9.17) is 9.47 Å². The van der Waals surface area contributed by atoms with Crippen molar-refractivity contribution in [2.45, 2.75) is 17.8 Å². The van der Waals surface area contributed by atoms with E-state index in [1.807, 2.05) is 0 Å². The molecule has 8 rings (SSSR count). The van der Waals surface area contributed by atoms with Crippen molar-refractivity contribution in [3.8, 4) is 11.5 Å². The Hall–Kier alpha value is -9.22. The Morgan fingerprint density at radius 3 is 1.03 bits per heavy atom. The standard InChI is InChI=1S/C47H30F6N8O10/c48-46(49,50)45(47(51,52)53,27-1-19-37-39(25-27)43(64)58(41(37)62)21-23-70-35-15-7-31(8-16-35)56-54-29-3-11-33(12-4-29)60(66)67)28-2-20-38-40(26-28)44(65)59(42(38)63)22-24-71-36-17-9-32(10-18-36)57-55-30-5-13-34(14-6-30)61(68)69/h1-20,25-26H,21-24H2. The molecule has 6 aromatic rings. The Labute approximate surface area is 394 Å². The van der Waals surface area contributed by atoms with Crippen molar-refractivity contribution in [1.29, 1.82) is 0 Å². The number of alkyl halides is 6. The summed E-state index contributed by atoms with van der Waals surface area (Å²) in [5.74, 6) is -3.92. The molecule has 0 bridgehead atoms. The van der Waals surface area contributed by atoms with Gasteiger partial charge in [-0.2, -0.15) is 46.8 Å². The van der Waals surface area contributed by atoms with Crippen molar-refractivity contribution in [2.24, 2.45) is 20.5 Å². The van der Waals surface area contributed by atoms with Crippen LogP contribution >= 0.6 is 0 Å². The molecule has 18 nitrogen and oxygen atoms in total. The maximum atomic E-state index is 15.3. The summed E-state index contributed by atoms with van der Waals surface area (Å²) in [4.78, 5) is 75.4. The summed E-state index contributed by atoms with van der Waals surface area (Å²) in [5, 5.41) is 37.7. The van der Waals surface area contributed by atoms with E-state index < -0.39 is 97.7 Å². The number of carbonyl (C=O) groups excluding carboxylic acids is 4. The summed E-state index contributed by atoms with van der Waals surface area (Å²) in [5.41, 5.74) is -9.12. The molecule has 4 amide bonds. The number of halogens is 6. The third kappa shape index (κ3) is 9.49.